The van der Waals surface area contributed by atoms with E-state index in [1.54, 1.807) is 0 Å². The lowest BCUT2D eigenvalue weighted by Crippen LogP contribution is -2.42. The number of nitrogens with zero attached hydrogens (tertiary/aromatic N) is 1. The predicted octanol–water partition coefficient (Wildman–Crippen LogP) is 4.10. The molecule has 27 heavy (non-hydrogen) atoms. The number of nitrogens with one attached hydrogen (secondary N) is 1. The van der Waals surface area contributed by atoms with Crippen LogP contribution in [0.5, 0.6) is 0 Å². The van der Waals surface area contributed by atoms with Gasteiger partial charge in [0.05, 0.1) is 19.3 Å². The van der Waals surface area contributed by atoms with Crippen molar-refractivity contribution in [3.63, 3.8) is 0 Å². The first-order valence-corrected chi connectivity index (χ1v) is 9.50. The number of ether oxygens (including phenoxy) is 1. The van der Waals surface area contributed by atoms with E-state index >= 15 is 0 Å². The summed E-state index contributed by atoms with van der Waals surface area (Å²) in [6.07, 6.45) is 4.55. The fraction of sp³-hybridized carbons (Fsp3) is 0.524. The maximum Gasteiger partial charge on any atom is 0.328 e. The molecule has 2 aromatic rings. The monoisotopic (exact) mass is 376 g/mol. The molecule has 0 saturated heterocycles. The molecule has 6 heteroatoms. The average molecular weight is 376 g/mol. The van der Waals surface area contributed by atoms with E-state index < -0.39 is 12.0 Å². The molecule has 0 aliphatic carbocycles. The Morgan fingerprint density at radius 3 is 2.59 bits per heavy atom. The SMILES string of the molecule is COC(=O)[C@H](CC(C)C)NC(=O)c1cn(CCCCCF)c2ccccc12. The van der Waals surface area contributed by atoms with E-state index in [9.17, 15) is 14.0 Å². The molecule has 0 spiro atoms. The van der Waals surface area contributed by atoms with Gasteiger partial charge in [0.25, 0.3) is 5.91 Å². The highest BCUT2D eigenvalue weighted by atomic mass is 19.1. The van der Waals surface area contributed by atoms with Gasteiger partial charge < -0.3 is 14.6 Å². The zero-order valence-electron chi connectivity index (χ0n) is 16.3. The second-order valence-corrected chi connectivity index (χ2v) is 7.18. The molecule has 0 aliphatic heterocycles. The molecule has 5 nitrogen and oxygen atoms in total. The molecule has 1 N–H and O–H groups in total. The number of hydrogen-bond acceptors (Lipinski definition) is 3. The van der Waals surface area contributed by atoms with Crippen LogP contribution < -0.4 is 5.32 Å². The van der Waals surface area contributed by atoms with E-state index in [1.165, 1.54) is 7.11 Å². The van der Waals surface area contributed by atoms with Gasteiger partial charge in [0.15, 0.2) is 0 Å². The molecule has 1 amide bonds. The smallest absolute Gasteiger partial charge is 0.328 e. The number of rotatable bonds is 10. The average Bonchev–Trinajstić information content (AvgIpc) is 3.02. The summed E-state index contributed by atoms with van der Waals surface area (Å²) in [5, 5.41) is 3.66. The third-order valence-corrected chi connectivity index (χ3v) is 4.56. The van der Waals surface area contributed by atoms with E-state index in [2.05, 4.69) is 5.32 Å². The molecule has 1 aromatic carbocycles. The van der Waals surface area contributed by atoms with Crippen LogP contribution in [0, 0.1) is 5.92 Å². The largest absolute Gasteiger partial charge is 0.467 e. The summed E-state index contributed by atoms with van der Waals surface area (Å²) >= 11 is 0. The minimum absolute atomic E-state index is 0.242. The Kier molecular flexibility index (Phi) is 7.82. The van der Waals surface area contributed by atoms with E-state index in [0.717, 1.165) is 30.3 Å². The van der Waals surface area contributed by atoms with Crippen molar-refractivity contribution in [1.29, 1.82) is 0 Å². The van der Waals surface area contributed by atoms with Crippen LogP contribution in [0.15, 0.2) is 30.5 Å². The molecular formula is C21H29FN2O3. The summed E-state index contributed by atoms with van der Waals surface area (Å²) < 4.78 is 19.1. The van der Waals surface area contributed by atoms with Crippen molar-refractivity contribution >= 4 is 22.8 Å². The quantitative estimate of drug-likeness (QED) is 0.502. The fourth-order valence-electron chi connectivity index (χ4n) is 3.23. The van der Waals surface area contributed by atoms with Crippen molar-refractivity contribution in [2.45, 2.75) is 52.1 Å². The fourth-order valence-corrected chi connectivity index (χ4v) is 3.23. The first-order chi connectivity index (χ1) is 13.0. The number of fused-ring (bicyclic) bond motifs is 1. The van der Waals surface area contributed by atoms with Crippen molar-refractivity contribution in [2.24, 2.45) is 5.92 Å². The van der Waals surface area contributed by atoms with E-state index in [-0.39, 0.29) is 18.5 Å². The first kappa shape index (κ1) is 20.9. The van der Waals surface area contributed by atoms with Crippen LogP contribution in [-0.2, 0) is 16.1 Å². The number of benzene rings is 1. The number of halogens is 1. The highest BCUT2D eigenvalue weighted by Crippen LogP contribution is 2.22. The summed E-state index contributed by atoms with van der Waals surface area (Å²) in [6.45, 7) is 4.40. The molecule has 0 radical (unpaired) electrons. The number of unbranched alkanes of at least 4 members (excludes halogenated alkanes) is 2. The van der Waals surface area contributed by atoms with Gasteiger partial charge in [0, 0.05) is 23.6 Å². The normalized spacial score (nSPS) is 12.3. The van der Waals surface area contributed by atoms with Gasteiger partial charge >= 0.3 is 5.97 Å². The number of para-hydroxylation sites is 1. The molecule has 0 bridgehead atoms. The number of methoxy groups -OCH3 is 1. The third kappa shape index (κ3) is 5.55. The molecule has 1 atom stereocenters. The molecule has 0 fully saturated rings. The summed E-state index contributed by atoms with van der Waals surface area (Å²) in [6, 6.07) is 7.01. The summed E-state index contributed by atoms with van der Waals surface area (Å²) in [4.78, 5) is 24.9. The molecule has 1 aromatic heterocycles. The molecule has 148 valence electrons. The van der Waals surface area contributed by atoms with Crippen molar-refractivity contribution in [1.82, 2.24) is 9.88 Å². The second-order valence-electron chi connectivity index (χ2n) is 7.18. The minimum Gasteiger partial charge on any atom is -0.467 e. The van der Waals surface area contributed by atoms with Gasteiger partial charge in [-0.15, -0.1) is 0 Å². The molecule has 0 unspecified atom stereocenters. The lowest BCUT2D eigenvalue weighted by atomic mass is 10.0. The van der Waals surface area contributed by atoms with Crippen LogP contribution >= 0.6 is 0 Å². The van der Waals surface area contributed by atoms with Crippen LogP contribution in [0.2, 0.25) is 0 Å². The van der Waals surface area contributed by atoms with Gasteiger partial charge in [0.2, 0.25) is 0 Å². The van der Waals surface area contributed by atoms with E-state index in [1.807, 2.05) is 48.9 Å². The summed E-state index contributed by atoms with van der Waals surface area (Å²) in [7, 11) is 1.32. The molecule has 0 aliphatic rings. The Labute approximate surface area is 159 Å². The van der Waals surface area contributed by atoms with Gasteiger partial charge in [-0.25, -0.2) is 4.79 Å². The number of amides is 1. The van der Waals surface area contributed by atoms with E-state index in [4.69, 9.17) is 4.74 Å². The van der Waals surface area contributed by atoms with Gasteiger partial charge in [-0.1, -0.05) is 32.0 Å². The first-order valence-electron chi connectivity index (χ1n) is 9.50. The number of hydrogen-bond donors (Lipinski definition) is 1. The van der Waals surface area contributed by atoms with Crippen molar-refractivity contribution in [2.75, 3.05) is 13.8 Å². The van der Waals surface area contributed by atoms with Crippen molar-refractivity contribution < 1.29 is 18.7 Å². The van der Waals surface area contributed by atoms with E-state index in [0.29, 0.717) is 18.4 Å². The maximum absolute atomic E-state index is 12.9. The Morgan fingerprint density at radius 2 is 1.93 bits per heavy atom. The van der Waals surface area contributed by atoms with Crippen LogP contribution in [0.1, 0.15) is 49.9 Å². The van der Waals surface area contributed by atoms with Crippen molar-refractivity contribution in [3.8, 4) is 0 Å². The van der Waals surface area contributed by atoms with Gasteiger partial charge in [-0.2, -0.15) is 0 Å². The highest BCUT2D eigenvalue weighted by Gasteiger charge is 2.24. The summed E-state index contributed by atoms with van der Waals surface area (Å²) in [5.74, 6) is -0.483. The second kappa shape index (κ2) is 10.1. The molecule has 0 saturated carbocycles. The minimum atomic E-state index is -0.672. The number of aromatic nitrogens is 1. The van der Waals surface area contributed by atoms with Crippen LogP contribution in [0.4, 0.5) is 4.39 Å². The Bertz CT molecular complexity index is 770. The number of aryl methyl sites for hydroxylation is 1. The Balaban J connectivity index is 2.23. The zero-order valence-corrected chi connectivity index (χ0v) is 16.3. The zero-order chi connectivity index (χ0) is 19.8. The highest BCUT2D eigenvalue weighted by molar-refractivity contribution is 6.08. The standard InChI is InChI=1S/C21H29FN2O3/c1-15(2)13-18(21(26)27-3)23-20(25)17-14-24(12-8-4-7-11-22)19-10-6-5-9-16(17)19/h5-6,9-10,14-15,18H,4,7-8,11-13H2,1-3H3,(H,23,25)/t18-/m0/s1. The lowest BCUT2D eigenvalue weighted by Gasteiger charge is -2.18. The number of carbonyl (C=O) groups excluding carboxylic acids is 2. The van der Waals surface area contributed by atoms with Gasteiger partial charge in [0.1, 0.15) is 6.04 Å². The van der Waals surface area contributed by atoms with Crippen LogP contribution in [0.3, 0.4) is 0 Å². The molecular weight excluding hydrogens is 347 g/mol. The van der Waals surface area contributed by atoms with Crippen LogP contribution in [0.25, 0.3) is 10.9 Å². The summed E-state index contributed by atoms with van der Waals surface area (Å²) in [5.41, 5.74) is 1.50. The number of esters is 1. The topological polar surface area (TPSA) is 60.3 Å². The van der Waals surface area contributed by atoms with Gasteiger partial charge in [-0.05, 0) is 37.7 Å². The Morgan fingerprint density at radius 1 is 1.19 bits per heavy atom. The number of carbonyl (C=O) groups is 2. The van der Waals surface area contributed by atoms with Crippen molar-refractivity contribution in [3.05, 3.63) is 36.0 Å². The Hall–Kier alpha value is -2.37. The molecule has 2 rings (SSSR count). The van der Waals surface area contributed by atoms with Crippen LogP contribution in [-0.4, -0.2) is 36.3 Å². The number of alkyl halides is 1. The van der Waals surface area contributed by atoms with Gasteiger partial charge in [-0.3, -0.25) is 9.18 Å². The third-order valence-electron chi connectivity index (χ3n) is 4.56. The molecule has 1 heterocycles. The maximum atomic E-state index is 12.9. The predicted molar refractivity (Wildman–Crippen MR) is 104 cm³/mol. The lowest BCUT2D eigenvalue weighted by molar-refractivity contribution is -0.143.